The normalized spacial score (nSPS) is 13.5. The number of rotatable bonds is 2. The van der Waals surface area contributed by atoms with Crippen LogP contribution in [0.5, 0.6) is 0 Å². The Hall–Kier alpha value is -2.77. The van der Waals surface area contributed by atoms with Crippen LogP contribution in [0.4, 0.5) is 28.6 Å². The first-order valence-corrected chi connectivity index (χ1v) is 8.28. The van der Waals surface area contributed by atoms with E-state index in [9.17, 15) is 28.0 Å². The third kappa shape index (κ3) is 5.87. The van der Waals surface area contributed by atoms with Crippen molar-refractivity contribution in [2.24, 2.45) is 0 Å². The fourth-order valence-electron chi connectivity index (χ4n) is 1.94. The van der Waals surface area contributed by atoms with Crippen LogP contribution in [0.2, 0.25) is 0 Å². The topological polar surface area (TPSA) is 97.5 Å². The van der Waals surface area contributed by atoms with Gasteiger partial charge in [0.15, 0.2) is 5.82 Å². The fourth-order valence-corrected chi connectivity index (χ4v) is 1.94. The van der Waals surface area contributed by atoms with Crippen LogP contribution in [0.1, 0.15) is 60.1 Å². The van der Waals surface area contributed by atoms with Gasteiger partial charge in [-0.15, -0.1) is 0 Å². The number of carbonyl (C=O) groups excluding carboxylic acids is 2. The van der Waals surface area contributed by atoms with Crippen molar-refractivity contribution in [2.45, 2.75) is 71.9 Å². The minimum absolute atomic E-state index is 0.254. The van der Waals surface area contributed by atoms with E-state index >= 15 is 0 Å². The van der Waals surface area contributed by atoms with Crippen molar-refractivity contribution in [2.75, 3.05) is 4.90 Å². The minimum Gasteiger partial charge on any atom is -0.443 e. The van der Waals surface area contributed by atoms with E-state index in [0.717, 1.165) is 13.1 Å². The molecule has 28 heavy (non-hydrogen) atoms. The zero-order chi connectivity index (χ0) is 22.1. The van der Waals surface area contributed by atoms with E-state index in [1.165, 1.54) is 41.5 Å². The number of imide groups is 1. The molecule has 1 atom stereocenters. The van der Waals surface area contributed by atoms with Crippen molar-refractivity contribution in [3.05, 3.63) is 11.8 Å². The van der Waals surface area contributed by atoms with Gasteiger partial charge in [0.2, 0.25) is 0 Å². The van der Waals surface area contributed by atoms with Gasteiger partial charge in [0.1, 0.15) is 28.9 Å². The lowest BCUT2D eigenvalue weighted by atomic mass is 10.2. The SMILES string of the molecule is CC(n1ncc(C#N)c1N(C(=O)OC(C)(C)C)C(=O)OC(C)(C)C)C(F)(F)F. The molecule has 0 fully saturated rings. The number of hydrogen-bond acceptors (Lipinski definition) is 6. The Morgan fingerprint density at radius 3 is 1.86 bits per heavy atom. The highest BCUT2D eigenvalue weighted by atomic mass is 19.4. The second-order valence-electron chi connectivity index (χ2n) is 7.95. The Morgan fingerprint density at radius 2 is 1.54 bits per heavy atom. The van der Waals surface area contributed by atoms with E-state index in [0.29, 0.717) is 4.68 Å². The smallest absolute Gasteiger partial charge is 0.425 e. The molecule has 2 amide bonds. The Kier molecular flexibility index (Phi) is 6.39. The molecule has 0 radical (unpaired) electrons. The lowest BCUT2D eigenvalue weighted by molar-refractivity contribution is -0.165. The number of amides is 2. The highest BCUT2D eigenvalue weighted by Gasteiger charge is 2.43. The molecule has 0 saturated carbocycles. The average molecular weight is 404 g/mol. The van der Waals surface area contributed by atoms with E-state index < -0.39 is 47.0 Å². The van der Waals surface area contributed by atoms with Gasteiger partial charge in [-0.3, -0.25) is 0 Å². The van der Waals surface area contributed by atoms with E-state index in [4.69, 9.17) is 9.47 Å². The summed E-state index contributed by atoms with van der Waals surface area (Å²) in [6.45, 7) is 9.86. The van der Waals surface area contributed by atoms with Crippen molar-refractivity contribution in [1.82, 2.24) is 9.78 Å². The molecule has 1 aromatic heterocycles. The monoisotopic (exact) mass is 404 g/mol. The zero-order valence-corrected chi connectivity index (χ0v) is 16.7. The Labute approximate surface area is 160 Å². The molecule has 0 N–H and O–H groups in total. The molecule has 0 aliphatic carbocycles. The Bertz CT molecular complexity index is 754. The van der Waals surface area contributed by atoms with Crippen molar-refractivity contribution in [1.29, 1.82) is 5.26 Å². The molecule has 8 nitrogen and oxygen atoms in total. The minimum atomic E-state index is -4.75. The first-order chi connectivity index (χ1) is 12.5. The standard InChI is InChI=1S/C17H23F3N4O4/c1-10(17(18,19)20)24-12(11(8-21)9-22-24)23(13(25)27-15(2,3)4)14(26)28-16(5,6)7/h9-10H,1-7H3. The number of carbonyl (C=O) groups is 2. The predicted molar refractivity (Wildman–Crippen MR) is 92.7 cm³/mol. The van der Waals surface area contributed by atoms with Crippen LogP contribution in [0.25, 0.3) is 0 Å². The molecule has 1 aromatic rings. The highest BCUT2D eigenvalue weighted by molar-refractivity contribution is 6.09. The van der Waals surface area contributed by atoms with Gasteiger partial charge in [0.05, 0.1) is 6.20 Å². The number of hydrogen-bond donors (Lipinski definition) is 0. The van der Waals surface area contributed by atoms with Gasteiger partial charge in [-0.25, -0.2) is 14.3 Å². The Balaban J connectivity index is 3.62. The quantitative estimate of drug-likeness (QED) is 0.717. The number of ether oxygens (including phenoxy) is 2. The van der Waals surface area contributed by atoms with E-state index in [1.807, 2.05) is 0 Å². The molecule has 0 aliphatic rings. The van der Waals surface area contributed by atoms with Gasteiger partial charge >= 0.3 is 18.4 Å². The largest absolute Gasteiger partial charge is 0.443 e. The summed E-state index contributed by atoms with van der Waals surface area (Å²) in [4.78, 5) is 25.6. The number of alkyl halides is 3. The summed E-state index contributed by atoms with van der Waals surface area (Å²) in [6, 6.07) is -0.595. The summed E-state index contributed by atoms with van der Waals surface area (Å²) in [5, 5.41) is 12.8. The number of halogens is 3. The van der Waals surface area contributed by atoms with Gasteiger partial charge < -0.3 is 9.47 Å². The molecular formula is C17H23F3N4O4. The molecule has 0 spiro atoms. The maximum absolute atomic E-state index is 13.2. The maximum Gasteiger partial charge on any atom is 0.425 e. The number of nitriles is 1. The van der Waals surface area contributed by atoms with E-state index in [-0.39, 0.29) is 4.90 Å². The summed E-state index contributed by atoms with van der Waals surface area (Å²) in [5.41, 5.74) is -2.55. The van der Waals surface area contributed by atoms with E-state index in [2.05, 4.69) is 5.10 Å². The Morgan fingerprint density at radius 1 is 1.11 bits per heavy atom. The second kappa shape index (κ2) is 7.69. The summed E-state index contributed by atoms with van der Waals surface area (Å²) in [5.74, 6) is -0.684. The van der Waals surface area contributed by atoms with Gasteiger partial charge in [-0.2, -0.15) is 28.4 Å². The van der Waals surface area contributed by atoms with Crippen molar-refractivity contribution >= 4 is 18.0 Å². The van der Waals surface area contributed by atoms with Crippen molar-refractivity contribution in [3.8, 4) is 6.07 Å². The lowest BCUT2D eigenvalue weighted by Crippen LogP contribution is -2.45. The summed E-state index contributed by atoms with van der Waals surface area (Å²) >= 11 is 0. The van der Waals surface area contributed by atoms with Crippen LogP contribution in [0.3, 0.4) is 0 Å². The molecule has 0 saturated heterocycles. The summed E-state index contributed by atoms with van der Waals surface area (Å²) in [7, 11) is 0. The maximum atomic E-state index is 13.2. The highest BCUT2D eigenvalue weighted by Crippen LogP contribution is 2.35. The lowest BCUT2D eigenvalue weighted by Gasteiger charge is -2.29. The molecular weight excluding hydrogens is 381 g/mol. The van der Waals surface area contributed by atoms with Gasteiger partial charge in [-0.1, -0.05) is 0 Å². The molecule has 1 rings (SSSR count). The summed E-state index contributed by atoms with van der Waals surface area (Å²) < 4.78 is 50.4. The summed E-state index contributed by atoms with van der Waals surface area (Å²) in [6.07, 6.45) is -6.51. The van der Waals surface area contributed by atoms with Crippen LogP contribution in [0.15, 0.2) is 6.20 Å². The van der Waals surface area contributed by atoms with Crippen LogP contribution >= 0.6 is 0 Å². The number of aromatic nitrogens is 2. The third-order valence-corrected chi connectivity index (χ3v) is 3.09. The molecule has 1 unspecified atom stereocenters. The average Bonchev–Trinajstić information content (AvgIpc) is 2.85. The zero-order valence-electron chi connectivity index (χ0n) is 16.7. The first kappa shape index (κ1) is 23.3. The molecule has 0 aromatic carbocycles. The molecule has 1 heterocycles. The molecule has 11 heteroatoms. The molecule has 0 bridgehead atoms. The number of anilines is 1. The predicted octanol–water partition coefficient (Wildman–Crippen LogP) is 4.55. The molecule has 156 valence electrons. The third-order valence-electron chi connectivity index (χ3n) is 3.09. The van der Waals surface area contributed by atoms with Crippen molar-refractivity contribution < 1.29 is 32.2 Å². The van der Waals surface area contributed by atoms with E-state index in [1.54, 1.807) is 6.07 Å². The second-order valence-corrected chi connectivity index (χ2v) is 7.95. The van der Waals surface area contributed by atoms with Gasteiger partial charge in [0, 0.05) is 0 Å². The number of nitrogens with zero attached hydrogens (tertiary/aromatic N) is 4. The van der Waals surface area contributed by atoms with Crippen molar-refractivity contribution in [3.63, 3.8) is 0 Å². The first-order valence-electron chi connectivity index (χ1n) is 8.28. The van der Waals surface area contributed by atoms with Crippen LogP contribution in [-0.4, -0.2) is 39.3 Å². The van der Waals surface area contributed by atoms with Gasteiger partial charge in [0.25, 0.3) is 0 Å². The van der Waals surface area contributed by atoms with Crippen LogP contribution in [-0.2, 0) is 9.47 Å². The fraction of sp³-hybridized carbons (Fsp3) is 0.647. The van der Waals surface area contributed by atoms with Crippen LogP contribution in [0, 0.1) is 11.3 Å². The van der Waals surface area contributed by atoms with Gasteiger partial charge in [-0.05, 0) is 48.5 Å². The van der Waals surface area contributed by atoms with Crippen LogP contribution < -0.4 is 4.90 Å². The molecule has 0 aliphatic heterocycles.